The topological polar surface area (TPSA) is 96.3 Å². The second-order valence-corrected chi connectivity index (χ2v) is 4.41. The van der Waals surface area contributed by atoms with E-state index < -0.39 is 0 Å². The van der Waals surface area contributed by atoms with Gasteiger partial charge in [0.05, 0.1) is 5.39 Å². The van der Waals surface area contributed by atoms with Gasteiger partial charge in [-0.2, -0.15) is 5.10 Å². The summed E-state index contributed by atoms with van der Waals surface area (Å²) in [5.41, 5.74) is 7.33. The summed E-state index contributed by atoms with van der Waals surface area (Å²) in [6.07, 6.45) is 1.74. The van der Waals surface area contributed by atoms with E-state index in [-0.39, 0.29) is 5.82 Å². The molecule has 0 aliphatic rings. The molecule has 3 heterocycles. The van der Waals surface area contributed by atoms with Gasteiger partial charge in [0.2, 0.25) is 0 Å². The fourth-order valence-corrected chi connectivity index (χ4v) is 2.25. The molecule has 4 N–H and O–H groups in total. The molecule has 98 valence electrons. The molecule has 0 amide bonds. The number of fused-ring (bicyclic) bond motifs is 2. The monoisotopic (exact) mass is 268 g/mol. The van der Waals surface area contributed by atoms with Crippen LogP contribution in [0.3, 0.4) is 0 Å². The van der Waals surface area contributed by atoms with Crippen molar-refractivity contribution in [3.8, 4) is 11.5 Å². The summed E-state index contributed by atoms with van der Waals surface area (Å²) >= 11 is 0. The van der Waals surface area contributed by atoms with Crippen molar-refractivity contribution in [1.29, 1.82) is 0 Å². The number of nitrogens with zero attached hydrogens (tertiary/aromatic N) is 3. The van der Waals surface area contributed by atoms with Gasteiger partial charge in [-0.1, -0.05) is 12.1 Å². The average Bonchev–Trinajstić information content (AvgIpc) is 3.05. The van der Waals surface area contributed by atoms with E-state index in [9.17, 15) is 4.39 Å². The van der Waals surface area contributed by atoms with E-state index in [0.29, 0.717) is 33.9 Å². The van der Waals surface area contributed by atoms with Crippen LogP contribution in [0.25, 0.3) is 33.5 Å². The summed E-state index contributed by atoms with van der Waals surface area (Å²) in [6, 6.07) is 6.55. The third-order valence-corrected chi connectivity index (χ3v) is 3.21. The molecule has 7 heteroatoms. The molecular weight excluding hydrogens is 259 g/mol. The molecule has 0 atom stereocenters. The highest BCUT2D eigenvalue weighted by Crippen LogP contribution is 2.27. The molecule has 4 rings (SSSR count). The van der Waals surface area contributed by atoms with Gasteiger partial charge < -0.3 is 10.7 Å². The predicted molar refractivity (Wildman–Crippen MR) is 73.3 cm³/mol. The van der Waals surface area contributed by atoms with Crippen LogP contribution in [-0.4, -0.2) is 25.1 Å². The van der Waals surface area contributed by atoms with Crippen LogP contribution in [0.1, 0.15) is 0 Å². The van der Waals surface area contributed by atoms with Gasteiger partial charge in [-0.25, -0.2) is 14.4 Å². The molecule has 0 radical (unpaired) electrons. The van der Waals surface area contributed by atoms with Crippen LogP contribution >= 0.6 is 0 Å². The number of benzene rings is 1. The number of anilines is 1. The van der Waals surface area contributed by atoms with Crippen LogP contribution in [0.2, 0.25) is 0 Å². The lowest BCUT2D eigenvalue weighted by Gasteiger charge is -2.00. The zero-order chi connectivity index (χ0) is 13.7. The smallest absolute Gasteiger partial charge is 0.184 e. The number of nitrogens with one attached hydrogen (secondary N) is 2. The van der Waals surface area contributed by atoms with Crippen LogP contribution in [0.4, 0.5) is 10.2 Å². The summed E-state index contributed by atoms with van der Waals surface area (Å²) in [4.78, 5) is 11.6. The fraction of sp³-hybridized carbons (Fsp3) is 0. The summed E-state index contributed by atoms with van der Waals surface area (Å²) in [7, 11) is 0. The van der Waals surface area contributed by atoms with Gasteiger partial charge in [-0.15, -0.1) is 0 Å². The number of H-pyrrole nitrogens is 2. The Hall–Kier alpha value is -2.96. The molecule has 1 aromatic carbocycles. The van der Waals surface area contributed by atoms with Crippen molar-refractivity contribution in [2.45, 2.75) is 0 Å². The fourth-order valence-electron chi connectivity index (χ4n) is 2.25. The number of aromatic amines is 2. The maximum atomic E-state index is 13.7. The van der Waals surface area contributed by atoms with Gasteiger partial charge in [0.15, 0.2) is 5.82 Å². The van der Waals surface area contributed by atoms with Gasteiger partial charge in [0, 0.05) is 11.6 Å². The Morgan fingerprint density at radius 1 is 1.10 bits per heavy atom. The molecule has 0 aliphatic heterocycles. The van der Waals surface area contributed by atoms with Crippen LogP contribution in [0.5, 0.6) is 0 Å². The number of hydrogen-bond donors (Lipinski definition) is 3. The molecule has 4 aromatic rings. The van der Waals surface area contributed by atoms with E-state index in [1.807, 2.05) is 0 Å². The van der Waals surface area contributed by atoms with E-state index in [0.717, 1.165) is 5.39 Å². The van der Waals surface area contributed by atoms with Crippen molar-refractivity contribution in [1.82, 2.24) is 25.1 Å². The molecule has 0 saturated carbocycles. The minimum Gasteiger partial charge on any atom is -0.383 e. The SMILES string of the molecule is Nc1nc(-c2n[nH]c3c(F)cccc23)nc2[nH]ccc12. The van der Waals surface area contributed by atoms with Crippen molar-refractivity contribution < 1.29 is 4.39 Å². The first-order chi connectivity index (χ1) is 9.74. The Bertz CT molecular complexity index is 938. The van der Waals surface area contributed by atoms with Crippen LogP contribution in [0, 0.1) is 5.82 Å². The lowest BCUT2D eigenvalue weighted by molar-refractivity contribution is 0.636. The summed E-state index contributed by atoms with van der Waals surface area (Å²) in [6.45, 7) is 0. The zero-order valence-electron chi connectivity index (χ0n) is 10.2. The van der Waals surface area contributed by atoms with Crippen molar-refractivity contribution in [2.75, 3.05) is 5.73 Å². The molecule has 0 fully saturated rings. The minimum atomic E-state index is -0.366. The van der Waals surface area contributed by atoms with E-state index in [4.69, 9.17) is 5.73 Å². The molecule has 6 nitrogen and oxygen atoms in total. The third kappa shape index (κ3) is 1.40. The van der Waals surface area contributed by atoms with E-state index >= 15 is 0 Å². The summed E-state index contributed by atoms with van der Waals surface area (Å²) in [5, 5.41) is 8.13. The quantitative estimate of drug-likeness (QED) is 0.493. The maximum absolute atomic E-state index is 13.7. The average molecular weight is 268 g/mol. The number of halogens is 1. The van der Waals surface area contributed by atoms with Gasteiger partial charge in [-0.3, -0.25) is 5.10 Å². The Balaban J connectivity index is 2.03. The Labute approximate surface area is 111 Å². The summed E-state index contributed by atoms with van der Waals surface area (Å²) < 4.78 is 13.7. The highest BCUT2D eigenvalue weighted by Gasteiger charge is 2.15. The first-order valence-electron chi connectivity index (χ1n) is 5.97. The standard InChI is InChI=1S/C13H9FN6/c14-8-3-1-2-6-9(8)19-20-10(6)13-17-11(15)7-4-5-16-12(7)18-13/h1-5H,(H,19,20)(H3,15,16,17,18). The normalized spacial score (nSPS) is 11.4. The molecular formula is C13H9FN6. The van der Waals surface area contributed by atoms with E-state index in [1.165, 1.54) is 6.07 Å². The first-order valence-corrected chi connectivity index (χ1v) is 5.97. The third-order valence-electron chi connectivity index (χ3n) is 3.21. The van der Waals surface area contributed by atoms with Crippen molar-refractivity contribution >= 4 is 27.8 Å². The molecule has 0 aliphatic carbocycles. The maximum Gasteiger partial charge on any atom is 0.184 e. The second-order valence-electron chi connectivity index (χ2n) is 4.41. The zero-order valence-corrected chi connectivity index (χ0v) is 10.2. The lowest BCUT2D eigenvalue weighted by Crippen LogP contribution is -1.97. The van der Waals surface area contributed by atoms with Gasteiger partial charge >= 0.3 is 0 Å². The number of nitrogens with two attached hydrogens (primary N) is 1. The molecule has 0 spiro atoms. The number of para-hydroxylation sites is 1. The van der Waals surface area contributed by atoms with Gasteiger partial charge in [0.1, 0.15) is 28.5 Å². The Morgan fingerprint density at radius 3 is 2.90 bits per heavy atom. The molecule has 0 saturated heterocycles. The molecule has 0 bridgehead atoms. The van der Waals surface area contributed by atoms with E-state index in [1.54, 1.807) is 24.4 Å². The van der Waals surface area contributed by atoms with E-state index in [2.05, 4.69) is 25.1 Å². The largest absolute Gasteiger partial charge is 0.383 e. The highest BCUT2D eigenvalue weighted by atomic mass is 19.1. The first kappa shape index (κ1) is 10.9. The lowest BCUT2D eigenvalue weighted by atomic mass is 10.2. The predicted octanol–water partition coefficient (Wildman–Crippen LogP) is 2.22. The minimum absolute atomic E-state index is 0.330. The Morgan fingerprint density at radius 2 is 2.00 bits per heavy atom. The summed E-state index contributed by atoms with van der Waals surface area (Å²) in [5.74, 6) is 0.350. The molecule has 20 heavy (non-hydrogen) atoms. The van der Waals surface area contributed by atoms with Crippen LogP contribution in [-0.2, 0) is 0 Å². The highest BCUT2D eigenvalue weighted by molar-refractivity contribution is 5.94. The number of aromatic nitrogens is 5. The number of nitrogen functional groups attached to an aromatic ring is 1. The number of rotatable bonds is 1. The van der Waals surface area contributed by atoms with Crippen molar-refractivity contribution in [2.24, 2.45) is 0 Å². The molecule has 0 unspecified atom stereocenters. The van der Waals surface area contributed by atoms with Crippen molar-refractivity contribution in [3.05, 3.63) is 36.3 Å². The van der Waals surface area contributed by atoms with Gasteiger partial charge in [-0.05, 0) is 12.1 Å². The number of hydrogen-bond acceptors (Lipinski definition) is 4. The Kier molecular flexibility index (Phi) is 2.06. The van der Waals surface area contributed by atoms with Crippen LogP contribution < -0.4 is 5.73 Å². The van der Waals surface area contributed by atoms with Gasteiger partial charge in [0.25, 0.3) is 0 Å². The van der Waals surface area contributed by atoms with Crippen LogP contribution in [0.15, 0.2) is 30.5 Å². The second kappa shape index (κ2) is 3.77. The molecule has 3 aromatic heterocycles. The van der Waals surface area contributed by atoms with Crippen molar-refractivity contribution in [3.63, 3.8) is 0 Å².